The van der Waals surface area contributed by atoms with Gasteiger partial charge in [-0.1, -0.05) is 48.6 Å². The summed E-state index contributed by atoms with van der Waals surface area (Å²) in [6, 6.07) is 8.49. The minimum atomic E-state index is -0.0872. The molecular formula is C15H17N. The molecule has 0 fully saturated rings. The van der Waals surface area contributed by atoms with Gasteiger partial charge in [0, 0.05) is 11.6 Å². The van der Waals surface area contributed by atoms with Gasteiger partial charge in [0.1, 0.15) is 0 Å². The number of allylic oxidation sites excluding steroid dienone is 3. The summed E-state index contributed by atoms with van der Waals surface area (Å²) >= 11 is 0. The van der Waals surface area contributed by atoms with E-state index in [9.17, 15) is 0 Å². The smallest absolute Gasteiger partial charge is 0.0569 e. The highest BCUT2D eigenvalue weighted by atomic mass is 14.7. The molecule has 0 saturated heterocycles. The molecule has 0 amide bonds. The van der Waals surface area contributed by atoms with Crippen molar-refractivity contribution in [2.75, 3.05) is 6.54 Å². The number of rotatable bonds is 1. The molecule has 0 radical (unpaired) electrons. The molecule has 1 atom stereocenters. The Morgan fingerprint density at radius 2 is 2.00 bits per heavy atom. The van der Waals surface area contributed by atoms with Crippen LogP contribution in [0, 0.1) is 6.92 Å². The van der Waals surface area contributed by atoms with Crippen molar-refractivity contribution in [3.8, 4) is 0 Å². The lowest BCUT2D eigenvalue weighted by atomic mass is 9.80. The van der Waals surface area contributed by atoms with Crippen molar-refractivity contribution in [1.82, 2.24) is 0 Å². The SMILES string of the molecule is Cc1ccccc1C1(C)C=NC/C=C\C=C/1. The summed E-state index contributed by atoms with van der Waals surface area (Å²) < 4.78 is 0. The monoisotopic (exact) mass is 211 g/mol. The normalized spacial score (nSPS) is 28.1. The molecule has 16 heavy (non-hydrogen) atoms. The first-order chi connectivity index (χ1) is 7.72. The predicted molar refractivity (Wildman–Crippen MR) is 70.2 cm³/mol. The summed E-state index contributed by atoms with van der Waals surface area (Å²) in [5, 5.41) is 0. The zero-order valence-electron chi connectivity index (χ0n) is 9.85. The van der Waals surface area contributed by atoms with Gasteiger partial charge in [-0.15, -0.1) is 0 Å². The van der Waals surface area contributed by atoms with E-state index in [-0.39, 0.29) is 5.41 Å². The largest absolute Gasteiger partial charge is 0.292 e. The lowest BCUT2D eigenvalue weighted by molar-refractivity contribution is 0.813. The maximum atomic E-state index is 4.44. The average Bonchev–Trinajstić information content (AvgIpc) is 2.24. The minimum absolute atomic E-state index is 0.0872. The first kappa shape index (κ1) is 10.9. The molecule has 1 heterocycles. The number of hydrogen-bond acceptors (Lipinski definition) is 1. The van der Waals surface area contributed by atoms with Gasteiger partial charge in [0.25, 0.3) is 0 Å². The van der Waals surface area contributed by atoms with Crippen molar-refractivity contribution in [3.05, 3.63) is 59.7 Å². The zero-order valence-corrected chi connectivity index (χ0v) is 9.85. The molecule has 1 aromatic rings. The Hall–Kier alpha value is -1.63. The fourth-order valence-corrected chi connectivity index (χ4v) is 2.08. The van der Waals surface area contributed by atoms with Gasteiger partial charge in [-0.2, -0.15) is 0 Å². The van der Waals surface area contributed by atoms with E-state index in [0.717, 1.165) is 6.54 Å². The molecular weight excluding hydrogens is 194 g/mol. The van der Waals surface area contributed by atoms with E-state index >= 15 is 0 Å². The summed E-state index contributed by atoms with van der Waals surface area (Å²) in [5.74, 6) is 0. The second-order valence-electron chi connectivity index (χ2n) is 4.38. The van der Waals surface area contributed by atoms with E-state index in [1.165, 1.54) is 11.1 Å². The van der Waals surface area contributed by atoms with Crippen LogP contribution in [0.3, 0.4) is 0 Å². The van der Waals surface area contributed by atoms with Crippen molar-refractivity contribution in [2.45, 2.75) is 19.3 Å². The molecule has 0 spiro atoms. The molecule has 1 aliphatic heterocycles. The maximum absolute atomic E-state index is 4.44. The highest BCUT2D eigenvalue weighted by Gasteiger charge is 2.22. The van der Waals surface area contributed by atoms with Gasteiger partial charge in [-0.05, 0) is 25.0 Å². The van der Waals surface area contributed by atoms with Crippen molar-refractivity contribution < 1.29 is 0 Å². The molecule has 1 aromatic carbocycles. The third-order valence-electron chi connectivity index (χ3n) is 2.99. The Labute approximate surface area is 97.2 Å². The van der Waals surface area contributed by atoms with E-state index in [1.807, 2.05) is 0 Å². The third kappa shape index (κ3) is 2.13. The van der Waals surface area contributed by atoms with E-state index in [2.05, 4.69) is 73.6 Å². The quantitative estimate of drug-likeness (QED) is 0.674. The Morgan fingerprint density at radius 1 is 1.19 bits per heavy atom. The number of benzene rings is 1. The first-order valence-electron chi connectivity index (χ1n) is 5.64. The van der Waals surface area contributed by atoms with Crippen LogP contribution in [-0.2, 0) is 5.41 Å². The summed E-state index contributed by atoms with van der Waals surface area (Å²) in [4.78, 5) is 4.44. The second-order valence-corrected chi connectivity index (χ2v) is 4.38. The molecule has 0 saturated carbocycles. The molecule has 2 rings (SSSR count). The fraction of sp³-hybridized carbons (Fsp3) is 0.267. The summed E-state index contributed by atoms with van der Waals surface area (Å²) in [6.45, 7) is 5.12. The zero-order chi connectivity index (χ0) is 11.4. The lowest BCUT2D eigenvalue weighted by Crippen LogP contribution is -2.22. The van der Waals surface area contributed by atoms with E-state index in [0.29, 0.717) is 0 Å². The van der Waals surface area contributed by atoms with Crippen LogP contribution in [0.4, 0.5) is 0 Å². The molecule has 1 nitrogen and oxygen atoms in total. The average molecular weight is 211 g/mol. The van der Waals surface area contributed by atoms with Crippen LogP contribution in [0.5, 0.6) is 0 Å². The van der Waals surface area contributed by atoms with Crippen LogP contribution < -0.4 is 0 Å². The van der Waals surface area contributed by atoms with E-state index < -0.39 is 0 Å². The molecule has 82 valence electrons. The van der Waals surface area contributed by atoms with Gasteiger partial charge >= 0.3 is 0 Å². The summed E-state index contributed by atoms with van der Waals surface area (Å²) in [5.41, 5.74) is 2.55. The molecule has 1 heteroatoms. The van der Waals surface area contributed by atoms with Crippen LogP contribution in [-0.4, -0.2) is 12.8 Å². The molecule has 0 N–H and O–H groups in total. The predicted octanol–water partition coefficient (Wildman–Crippen LogP) is 3.45. The van der Waals surface area contributed by atoms with Gasteiger partial charge in [0.15, 0.2) is 0 Å². The Morgan fingerprint density at radius 3 is 2.81 bits per heavy atom. The van der Waals surface area contributed by atoms with Crippen LogP contribution in [0.25, 0.3) is 0 Å². The van der Waals surface area contributed by atoms with Crippen molar-refractivity contribution in [2.24, 2.45) is 4.99 Å². The van der Waals surface area contributed by atoms with E-state index in [4.69, 9.17) is 0 Å². The Bertz CT molecular complexity index is 454. The molecule has 0 bridgehead atoms. The standard InChI is InChI=1S/C15H17N/c1-13-8-4-5-9-14(13)15(2)10-6-3-7-11-16-12-15/h3-10,12H,11H2,1-2H3/b7-3-,10-6-,16-12?. The number of aliphatic imine (C=N–C) groups is 1. The molecule has 1 aliphatic rings. The van der Waals surface area contributed by atoms with Crippen LogP contribution >= 0.6 is 0 Å². The van der Waals surface area contributed by atoms with Gasteiger partial charge in [0.05, 0.1) is 6.54 Å². The first-order valence-corrected chi connectivity index (χ1v) is 5.64. The van der Waals surface area contributed by atoms with Crippen LogP contribution in [0.2, 0.25) is 0 Å². The van der Waals surface area contributed by atoms with Gasteiger partial charge in [0.2, 0.25) is 0 Å². The highest BCUT2D eigenvalue weighted by Crippen LogP contribution is 2.27. The number of nitrogens with zero attached hydrogens (tertiary/aromatic N) is 1. The Kier molecular flexibility index (Phi) is 3.04. The van der Waals surface area contributed by atoms with E-state index in [1.54, 1.807) is 0 Å². The van der Waals surface area contributed by atoms with Gasteiger partial charge < -0.3 is 0 Å². The maximum Gasteiger partial charge on any atom is 0.0569 e. The van der Waals surface area contributed by atoms with Gasteiger partial charge in [-0.3, -0.25) is 4.99 Å². The topological polar surface area (TPSA) is 12.4 Å². The molecule has 0 aromatic heterocycles. The highest BCUT2D eigenvalue weighted by molar-refractivity contribution is 5.77. The van der Waals surface area contributed by atoms with Gasteiger partial charge in [-0.25, -0.2) is 0 Å². The van der Waals surface area contributed by atoms with Crippen molar-refractivity contribution in [1.29, 1.82) is 0 Å². The van der Waals surface area contributed by atoms with Crippen molar-refractivity contribution in [3.63, 3.8) is 0 Å². The molecule has 1 unspecified atom stereocenters. The second kappa shape index (κ2) is 4.48. The lowest BCUT2D eigenvalue weighted by Gasteiger charge is -2.24. The molecule has 0 aliphatic carbocycles. The minimum Gasteiger partial charge on any atom is -0.292 e. The summed E-state index contributed by atoms with van der Waals surface area (Å²) in [7, 11) is 0. The number of aryl methyl sites for hydroxylation is 1. The Balaban J connectivity index is 2.48. The number of hydrogen-bond donors (Lipinski definition) is 0. The van der Waals surface area contributed by atoms with Crippen molar-refractivity contribution >= 4 is 6.21 Å². The summed E-state index contributed by atoms with van der Waals surface area (Å²) in [6.07, 6.45) is 10.5. The van der Waals surface area contributed by atoms with Crippen LogP contribution in [0.1, 0.15) is 18.1 Å². The third-order valence-corrected chi connectivity index (χ3v) is 2.99. The van der Waals surface area contributed by atoms with Crippen LogP contribution in [0.15, 0.2) is 53.6 Å². The fourth-order valence-electron chi connectivity index (χ4n) is 2.08.